The van der Waals surface area contributed by atoms with E-state index >= 15 is 0 Å². The second kappa shape index (κ2) is 8.05. The molecule has 0 aliphatic carbocycles. The SMILES string of the molecule is Cc1cc(C)n(Cc2cccc(C(=O)N(C)Cc3cc(Br)ccc3F)c2)n1. The predicted molar refractivity (Wildman–Crippen MR) is 107 cm³/mol. The van der Waals surface area contributed by atoms with Crippen LogP contribution in [0.3, 0.4) is 0 Å². The fourth-order valence-electron chi connectivity index (χ4n) is 3.02. The van der Waals surface area contributed by atoms with Crippen LogP contribution >= 0.6 is 15.9 Å². The molecule has 27 heavy (non-hydrogen) atoms. The molecule has 1 amide bonds. The van der Waals surface area contributed by atoms with Gasteiger partial charge in [0, 0.05) is 34.9 Å². The van der Waals surface area contributed by atoms with Gasteiger partial charge in [0.2, 0.25) is 0 Å². The van der Waals surface area contributed by atoms with Crippen molar-refractivity contribution in [3.63, 3.8) is 0 Å². The number of amides is 1. The Kier molecular flexibility index (Phi) is 5.75. The van der Waals surface area contributed by atoms with Crippen molar-refractivity contribution in [3.05, 3.63) is 86.9 Å². The van der Waals surface area contributed by atoms with Crippen molar-refractivity contribution in [2.75, 3.05) is 7.05 Å². The summed E-state index contributed by atoms with van der Waals surface area (Å²) < 4.78 is 16.7. The molecule has 2 aromatic carbocycles. The van der Waals surface area contributed by atoms with Gasteiger partial charge < -0.3 is 4.90 Å². The summed E-state index contributed by atoms with van der Waals surface area (Å²) in [5.74, 6) is -0.472. The number of hydrogen-bond acceptors (Lipinski definition) is 2. The molecule has 140 valence electrons. The van der Waals surface area contributed by atoms with Crippen molar-refractivity contribution >= 4 is 21.8 Å². The molecule has 1 heterocycles. The number of nitrogens with zero attached hydrogens (tertiary/aromatic N) is 3. The van der Waals surface area contributed by atoms with Crippen LogP contribution < -0.4 is 0 Å². The number of halogens is 2. The summed E-state index contributed by atoms with van der Waals surface area (Å²) >= 11 is 3.34. The zero-order chi connectivity index (χ0) is 19.6. The van der Waals surface area contributed by atoms with Gasteiger partial charge in [-0.05, 0) is 55.8 Å². The summed E-state index contributed by atoms with van der Waals surface area (Å²) in [5.41, 5.74) is 4.09. The summed E-state index contributed by atoms with van der Waals surface area (Å²) in [6.45, 7) is 4.77. The summed E-state index contributed by atoms with van der Waals surface area (Å²) in [6.07, 6.45) is 0. The van der Waals surface area contributed by atoms with Gasteiger partial charge in [0.25, 0.3) is 5.91 Å². The van der Waals surface area contributed by atoms with E-state index in [2.05, 4.69) is 21.0 Å². The Bertz CT molecular complexity index is 983. The van der Waals surface area contributed by atoms with Crippen molar-refractivity contribution in [1.29, 1.82) is 0 Å². The monoisotopic (exact) mass is 429 g/mol. The van der Waals surface area contributed by atoms with Crippen LogP contribution in [0, 0.1) is 19.7 Å². The Morgan fingerprint density at radius 2 is 1.96 bits per heavy atom. The molecule has 0 bridgehead atoms. The summed E-state index contributed by atoms with van der Waals surface area (Å²) in [7, 11) is 1.68. The molecule has 0 N–H and O–H groups in total. The molecule has 0 unspecified atom stereocenters. The highest BCUT2D eigenvalue weighted by Crippen LogP contribution is 2.18. The minimum absolute atomic E-state index is 0.149. The first-order chi connectivity index (χ1) is 12.8. The summed E-state index contributed by atoms with van der Waals surface area (Å²) in [6, 6.07) is 14.2. The van der Waals surface area contributed by atoms with Crippen LogP contribution in [0.25, 0.3) is 0 Å². The van der Waals surface area contributed by atoms with E-state index in [1.54, 1.807) is 25.2 Å². The van der Waals surface area contributed by atoms with Crippen LogP contribution in [-0.2, 0) is 13.1 Å². The largest absolute Gasteiger partial charge is 0.337 e. The Labute approximate surface area is 166 Å². The van der Waals surface area contributed by atoms with E-state index in [1.165, 1.54) is 11.0 Å². The Morgan fingerprint density at radius 1 is 1.19 bits per heavy atom. The number of rotatable bonds is 5. The lowest BCUT2D eigenvalue weighted by Gasteiger charge is -2.18. The normalized spacial score (nSPS) is 10.9. The second-order valence-corrected chi connectivity index (χ2v) is 7.60. The van der Waals surface area contributed by atoms with Gasteiger partial charge in [-0.2, -0.15) is 5.10 Å². The summed E-state index contributed by atoms with van der Waals surface area (Å²) in [5, 5.41) is 4.46. The van der Waals surface area contributed by atoms with E-state index < -0.39 is 0 Å². The Morgan fingerprint density at radius 3 is 2.67 bits per heavy atom. The third kappa shape index (κ3) is 4.63. The highest BCUT2D eigenvalue weighted by molar-refractivity contribution is 9.10. The van der Waals surface area contributed by atoms with Crippen molar-refractivity contribution in [3.8, 4) is 0 Å². The van der Waals surface area contributed by atoms with Crippen molar-refractivity contribution in [1.82, 2.24) is 14.7 Å². The number of aromatic nitrogens is 2. The second-order valence-electron chi connectivity index (χ2n) is 6.68. The van der Waals surface area contributed by atoms with Crippen LogP contribution in [0.5, 0.6) is 0 Å². The maximum absolute atomic E-state index is 14.0. The maximum atomic E-state index is 14.0. The molecule has 0 aliphatic rings. The van der Waals surface area contributed by atoms with Crippen LogP contribution in [0.4, 0.5) is 4.39 Å². The van der Waals surface area contributed by atoms with Gasteiger partial charge in [0.15, 0.2) is 0 Å². The fraction of sp³-hybridized carbons (Fsp3) is 0.238. The van der Waals surface area contributed by atoms with Crippen molar-refractivity contribution in [2.24, 2.45) is 0 Å². The average Bonchev–Trinajstić information content (AvgIpc) is 2.94. The zero-order valence-corrected chi connectivity index (χ0v) is 17.1. The number of benzene rings is 2. The molecule has 0 fully saturated rings. The molecular weight excluding hydrogens is 409 g/mol. The molecule has 1 aromatic heterocycles. The average molecular weight is 430 g/mol. The van der Waals surface area contributed by atoms with Crippen LogP contribution in [0.1, 0.15) is 32.9 Å². The number of hydrogen-bond donors (Lipinski definition) is 0. The fourth-order valence-corrected chi connectivity index (χ4v) is 3.43. The molecule has 0 aliphatic heterocycles. The van der Waals surface area contributed by atoms with E-state index in [9.17, 15) is 9.18 Å². The minimum atomic E-state index is -0.323. The van der Waals surface area contributed by atoms with Crippen molar-refractivity contribution in [2.45, 2.75) is 26.9 Å². The molecule has 0 spiro atoms. The van der Waals surface area contributed by atoms with Gasteiger partial charge in [-0.25, -0.2) is 4.39 Å². The number of carbonyl (C=O) groups is 1. The molecule has 0 atom stereocenters. The van der Waals surface area contributed by atoms with Crippen molar-refractivity contribution < 1.29 is 9.18 Å². The molecule has 4 nitrogen and oxygen atoms in total. The standard InChI is InChI=1S/C21H21BrFN3O/c1-14-9-15(2)26(24-14)12-16-5-4-6-17(10-16)21(27)25(3)13-18-11-19(22)7-8-20(18)23/h4-11H,12-13H2,1-3H3. The van der Waals surface area contributed by atoms with E-state index in [0.29, 0.717) is 17.7 Å². The number of carbonyl (C=O) groups excluding carboxylic acids is 1. The van der Waals surface area contributed by atoms with Gasteiger partial charge in [-0.15, -0.1) is 0 Å². The predicted octanol–water partition coefficient (Wildman–Crippen LogP) is 4.72. The molecule has 0 saturated heterocycles. The van der Waals surface area contributed by atoms with Crippen LogP contribution in [-0.4, -0.2) is 27.6 Å². The first-order valence-corrected chi connectivity index (χ1v) is 9.42. The highest BCUT2D eigenvalue weighted by Gasteiger charge is 2.15. The molecule has 6 heteroatoms. The van der Waals surface area contributed by atoms with Crippen LogP contribution in [0.2, 0.25) is 0 Å². The van der Waals surface area contributed by atoms with E-state index in [4.69, 9.17) is 0 Å². The van der Waals surface area contributed by atoms with E-state index in [0.717, 1.165) is 21.4 Å². The van der Waals surface area contributed by atoms with Crippen LogP contribution in [0.15, 0.2) is 53.0 Å². The zero-order valence-electron chi connectivity index (χ0n) is 15.5. The third-order valence-electron chi connectivity index (χ3n) is 4.37. The van der Waals surface area contributed by atoms with E-state index in [1.807, 2.05) is 42.8 Å². The molecule has 3 aromatic rings. The molecule has 0 saturated carbocycles. The topological polar surface area (TPSA) is 38.1 Å². The van der Waals surface area contributed by atoms with Gasteiger partial charge in [0.05, 0.1) is 12.2 Å². The minimum Gasteiger partial charge on any atom is -0.337 e. The smallest absolute Gasteiger partial charge is 0.253 e. The van der Waals surface area contributed by atoms with Gasteiger partial charge in [-0.1, -0.05) is 28.1 Å². The first-order valence-electron chi connectivity index (χ1n) is 8.63. The highest BCUT2D eigenvalue weighted by atomic mass is 79.9. The Balaban J connectivity index is 1.76. The summed E-state index contributed by atoms with van der Waals surface area (Å²) in [4.78, 5) is 14.3. The molecular formula is C21H21BrFN3O. The maximum Gasteiger partial charge on any atom is 0.253 e. The lowest BCUT2D eigenvalue weighted by atomic mass is 10.1. The number of aryl methyl sites for hydroxylation is 2. The third-order valence-corrected chi connectivity index (χ3v) is 4.86. The lowest BCUT2D eigenvalue weighted by molar-refractivity contribution is 0.0783. The van der Waals surface area contributed by atoms with E-state index in [-0.39, 0.29) is 18.3 Å². The molecule has 3 rings (SSSR count). The van der Waals surface area contributed by atoms with Gasteiger partial charge in [-0.3, -0.25) is 9.48 Å². The quantitative estimate of drug-likeness (QED) is 0.588. The molecule has 0 radical (unpaired) electrons. The van der Waals surface area contributed by atoms with Gasteiger partial charge in [0.1, 0.15) is 5.82 Å². The van der Waals surface area contributed by atoms with Gasteiger partial charge >= 0.3 is 0 Å². The Hall–Kier alpha value is -2.47. The lowest BCUT2D eigenvalue weighted by Crippen LogP contribution is -2.26. The first kappa shape index (κ1) is 19.3.